The monoisotopic (exact) mass is 320 g/mol. The van der Waals surface area contributed by atoms with Gasteiger partial charge in [0.2, 0.25) is 0 Å². The number of hydrogen-bond acceptors (Lipinski definition) is 1. The molecule has 0 amide bonds. The van der Waals surface area contributed by atoms with Crippen LogP contribution in [-0.4, -0.2) is 0 Å². The quantitative estimate of drug-likeness (QED) is 0.462. The van der Waals surface area contributed by atoms with Crippen molar-refractivity contribution in [3.8, 4) is 0 Å². The summed E-state index contributed by atoms with van der Waals surface area (Å²) >= 11 is 11.9. The van der Waals surface area contributed by atoms with Crippen LogP contribution in [-0.2, 0) is 0 Å². The lowest BCUT2D eigenvalue weighted by Crippen LogP contribution is -2.02. The van der Waals surface area contributed by atoms with Gasteiger partial charge in [-0.25, -0.2) is 0 Å². The molecule has 1 aromatic rings. The Labute approximate surface area is 116 Å². The van der Waals surface area contributed by atoms with Crippen molar-refractivity contribution in [1.82, 2.24) is 0 Å². The zero-order valence-electron chi connectivity index (χ0n) is 9.42. The molecule has 0 bridgehead atoms. The highest BCUT2D eigenvalue weighted by atomic mass is 79.9. The molecule has 0 aliphatic heterocycles. The molecule has 0 radical (unpaired) electrons. The molecule has 0 N–H and O–H groups in total. The second-order valence-corrected chi connectivity index (χ2v) is 7.02. The summed E-state index contributed by atoms with van der Waals surface area (Å²) in [6, 6.07) is 2.10. The largest absolute Gasteiger partial charge is 0.146 e. The van der Waals surface area contributed by atoms with E-state index in [9.17, 15) is 0 Å². The van der Waals surface area contributed by atoms with Gasteiger partial charge < -0.3 is 0 Å². The van der Waals surface area contributed by atoms with E-state index >= 15 is 0 Å². The first-order chi connectivity index (χ1) is 7.77. The highest BCUT2D eigenvalue weighted by molar-refractivity contribution is 9.10. The summed E-state index contributed by atoms with van der Waals surface area (Å²) in [5.74, 6) is 0.846. The molecular formula is C13H18BrClS. The van der Waals surface area contributed by atoms with Crippen molar-refractivity contribution in [2.45, 2.75) is 50.3 Å². The minimum atomic E-state index is 0.206. The van der Waals surface area contributed by atoms with Gasteiger partial charge in [-0.2, -0.15) is 0 Å². The van der Waals surface area contributed by atoms with Crippen molar-refractivity contribution >= 4 is 38.9 Å². The minimum absolute atomic E-state index is 0.206. The van der Waals surface area contributed by atoms with E-state index in [1.165, 1.54) is 47.9 Å². The van der Waals surface area contributed by atoms with Gasteiger partial charge in [0.05, 0.1) is 5.38 Å². The summed E-state index contributed by atoms with van der Waals surface area (Å²) in [5, 5.41) is 2.32. The van der Waals surface area contributed by atoms with Gasteiger partial charge in [0.15, 0.2) is 0 Å². The van der Waals surface area contributed by atoms with Crippen LogP contribution in [0, 0.1) is 5.92 Å². The third-order valence-corrected chi connectivity index (χ3v) is 5.95. The van der Waals surface area contributed by atoms with E-state index in [0.29, 0.717) is 0 Å². The van der Waals surface area contributed by atoms with E-state index in [-0.39, 0.29) is 5.38 Å². The first kappa shape index (κ1) is 12.9. The zero-order chi connectivity index (χ0) is 11.4. The predicted molar refractivity (Wildman–Crippen MR) is 76.4 cm³/mol. The fraction of sp³-hybridized carbons (Fsp3) is 0.692. The number of thiophene rings is 1. The average molecular weight is 322 g/mol. The number of hydrogen-bond donors (Lipinski definition) is 0. The van der Waals surface area contributed by atoms with Gasteiger partial charge in [-0.05, 0) is 39.7 Å². The molecule has 1 aliphatic rings. The van der Waals surface area contributed by atoms with Crippen LogP contribution in [0.1, 0.15) is 55.2 Å². The van der Waals surface area contributed by atoms with Crippen molar-refractivity contribution in [3.05, 3.63) is 20.8 Å². The number of alkyl halides is 1. The van der Waals surface area contributed by atoms with Gasteiger partial charge in [0.1, 0.15) is 0 Å². The van der Waals surface area contributed by atoms with Crippen LogP contribution in [0.5, 0.6) is 0 Å². The molecule has 0 aromatic carbocycles. The molecule has 0 saturated heterocycles. The lowest BCUT2D eigenvalue weighted by Gasteiger charge is -2.17. The summed E-state index contributed by atoms with van der Waals surface area (Å²) in [7, 11) is 0. The fourth-order valence-corrected chi connectivity index (χ4v) is 4.82. The van der Waals surface area contributed by atoms with Gasteiger partial charge in [-0.1, -0.05) is 38.5 Å². The fourth-order valence-electron chi connectivity index (χ4n) is 2.53. The molecule has 1 heterocycles. The molecule has 1 atom stereocenters. The number of halogens is 2. The molecule has 1 aliphatic carbocycles. The molecule has 1 unspecified atom stereocenters. The Hall–Kier alpha value is 0.470. The third kappa shape index (κ3) is 3.48. The summed E-state index contributed by atoms with van der Waals surface area (Å²) in [6.07, 6.45) is 9.57. The van der Waals surface area contributed by atoms with Crippen LogP contribution in [0.2, 0.25) is 0 Å². The van der Waals surface area contributed by atoms with Crippen LogP contribution >= 0.6 is 38.9 Å². The summed E-state index contributed by atoms with van der Waals surface area (Å²) in [4.78, 5) is 1.31. The Morgan fingerprint density at radius 2 is 2.00 bits per heavy atom. The maximum absolute atomic E-state index is 6.52. The molecule has 90 valence electrons. The molecule has 0 nitrogen and oxygen atoms in total. The number of rotatable bonds is 3. The molecule has 2 rings (SSSR count). The van der Waals surface area contributed by atoms with Crippen LogP contribution in [0.4, 0.5) is 0 Å². The lowest BCUT2D eigenvalue weighted by molar-refractivity contribution is 0.424. The summed E-state index contributed by atoms with van der Waals surface area (Å²) in [6.45, 7) is 0. The summed E-state index contributed by atoms with van der Waals surface area (Å²) < 4.78 is 1.19. The van der Waals surface area contributed by atoms with Crippen LogP contribution < -0.4 is 0 Å². The predicted octanol–water partition coefficient (Wildman–Crippen LogP) is 6.15. The average Bonchev–Trinajstić information content (AvgIpc) is 2.53. The molecule has 1 saturated carbocycles. The molecule has 3 heteroatoms. The molecule has 0 spiro atoms. The maximum atomic E-state index is 6.52. The van der Waals surface area contributed by atoms with E-state index in [4.69, 9.17) is 11.6 Å². The Morgan fingerprint density at radius 1 is 1.31 bits per heavy atom. The normalized spacial score (nSPS) is 20.6. The van der Waals surface area contributed by atoms with Crippen molar-refractivity contribution in [1.29, 1.82) is 0 Å². The Balaban J connectivity index is 1.91. The second kappa shape index (κ2) is 6.42. The van der Waals surface area contributed by atoms with E-state index in [2.05, 4.69) is 27.4 Å². The molecule has 1 fully saturated rings. The SMILES string of the molecule is ClC(CC1CCCCCC1)c1sccc1Br. The zero-order valence-corrected chi connectivity index (χ0v) is 12.6. The van der Waals surface area contributed by atoms with Gasteiger partial charge in [-0.15, -0.1) is 22.9 Å². The van der Waals surface area contributed by atoms with Crippen LogP contribution in [0.15, 0.2) is 15.9 Å². The van der Waals surface area contributed by atoms with Gasteiger partial charge in [-0.3, -0.25) is 0 Å². The molecular weight excluding hydrogens is 304 g/mol. The van der Waals surface area contributed by atoms with Gasteiger partial charge >= 0.3 is 0 Å². The Kier molecular flexibility index (Phi) is 5.18. The van der Waals surface area contributed by atoms with E-state index in [1.54, 1.807) is 11.3 Å². The highest BCUT2D eigenvalue weighted by Crippen LogP contribution is 2.39. The Bertz CT molecular complexity index is 315. The third-order valence-electron chi connectivity index (χ3n) is 3.44. The van der Waals surface area contributed by atoms with E-state index < -0.39 is 0 Å². The van der Waals surface area contributed by atoms with Crippen LogP contribution in [0.3, 0.4) is 0 Å². The van der Waals surface area contributed by atoms with Crippen molar-refractivity contribution in [3.63, 3.8) is 0 Å². The second-order valence-electron chi connectivity index (χ2n) is 4.69. The van der Waals surface area contributed by atoms with Crippen molar-refractivity contribution in [2.75, 3.05) is 0 Å². The van der Waals surface area contributed by atoms with E-state index in [0.717, 1.165) is 12.3 Å². The lowest BCUT2D eigenvalue weighted by atomic mass is 9.94. The smallest absolute Gasteiger partial charge is 0.0692 e. The first-order valence-corrected chi connectivity index (χ1v) is 8.25. The molecule has 1 aromatic heterocycles. The Morgan fingerprint density at radius 3 is 2.56 bits per heavy atom. The van der Waals surface area contributed by atoms with Gasteiger partial charge in [0, 0.05) is 9.35 Å². The van der Waals surface area contributed by atoms with Gasteiger partial charge in [0.25, 0.3) is 0 Å². The van der Waals surface area contributed by atoms with Crippen LogP contribution in [0.25, 0.3) is 0 Å². The van der Waals surface area contributed by atoms with E-state index in [1.807, 2.05) is 0 Å². The topological polar surface area (TPSA) is 0 Å². The van der Waals surface area contributed by atoms with Crippen molar-refractivity contribution < 1.29 is 0 Å². The maximum Gasteiger partial charge on any atom is 0.0692 e. The highest BCUT2D eigenvalue weighted by Gasteiger charge is 2.20. The minimum Gasteiger partial charge on any atom is -0.146 e. The molecule has 16 heavy (non-hydrogen) atoms. The summed E-state index contributed by atoms with van der Waals surface area (Å²) in [5.41, 5.74) is 0. The van der Waals surface area contributed by atoms with Crippen molar-refractivity contribution in [2.24, 2.45) is 5.92 Å². The standard InChI is InChI=1S/C13H18BrClS/c14-11-7-8-16-13(11)12(15)9-10-5-3-1-2-4-6-10/h7-8,10,12H,1-6,9H2. The first-order valence-electron chi connectivity index (χ1n) is 6.14.